The Morgan fingerprint density at radius 3 is 2.57 bits per heavy atom. The Morgan fingerprint density at radius 2 is 1.86 bits per heavy atom. The number of fused-ring (bicyclic) bond motifs is 1. The quantitative estimate of drug-likeness (QED) is 0.738. The number of carbonyl (C=O) groups is 1. The van der Waals surface area contributed by atoms with E-state index in [0.717, 1.165) is 5.70 Å². The van der Waals surface area contributed by atoms with Crippen LogP contribution in [0.3, 0.4) is 0 Å². The van der Waals surface area contributed by atoms with Gasteiger partial charge in [-0.05, 0) is 23.8 Å². The first kappa shape index (κ1) is 13.6. The smallest absolute Gasteiger partial charge is 0.204 e. The summed E-state index contributed by atoms with van der Waals surface area (Å²) in [7, 11) is 2.04. The zero-order chi connectivity index (χ0) is 15.0. The van der Waals surface area contributed by atoms with E-state index in [-0.39, 0.29) is 11.2 Å². The fourth-order valence-corrected chi connectivity index (χ4v) is 2.92. The lowest BCUT2D eigenvalue weighted by Gasteiger charge is -2.23. The van der Waals surface area contributed by atoms with Crippen molar-refractivity contribution in [2.24, 2.45) is 4.99 Å². The maximum Gasteiger partial charge on any atom is 0.204 e. The van der Waals surface area contributed by atoms with Crippen molar-refractivity contribution >= 4 is 17.2 Å². The van der Waals surface area contributed by atoms with E-state index in [4.69, 9.17) is 0 Å². The number of para-hydroxylation sites is 1. The molecule has 0 N–H and O–H groups in total. The number of likely N-dealkylation sites (N-methyl/N-ethyl adjacent to an activating group) is 1. The first-order chi connectivity index (χ1) is 10.0. The maximum absolute atomic E-state index is 11.7. The summed E-state index contributed by atoms with van der Waals surface area (Å²) < 4.78 is 0. The third-order valence-corrected chi connectivity index (χ3v) is 4.13. The van der Waals surface area contributed by atoms with Gasteiger partial charge in [0.1, 0.15) is 5.71 Å². The number of ketones is 1. The molecule has 3 rings (SSSR count). The van der Waals surface area contributed by atoms with Gasteiger partial charge in [0.25, 0.3) is 0 Å². The van der Waals surface area contributed by atoms with E-state index < -0.39 is 0 Å². The molecule has 0 spiro atoms. The Kier molecular flexibility index (Phi) is 3.13. The molecule has 0 saturated heterocycles. The van der Waals surface area contributed by atoms with E-state index in [1.807, 2.05) is 25.4 Å². The van der Waals surface area contributed by atoms with Gasteiger partial charge in [0.15, 0.2) is 0 Å². The third kappa shape index (κ3) is 2.15. The number of carbonyl (C=O) groups excluding carboxylic acids is 1. The summed E-state index contributed by atoms with van der Waals surface area (Å²) in [5, 5.41) is 0. The molecule has 3 nitrogen and oxygen atoms in total. The summed E-state index contributed by atoms with van der Waals surface area (Å²) in [5.41, 5.74) is 3.92. The van der Waals surface area contributed by atoms with Gasteiger partial charge in [0, 0.05) is 30.0 Å². The lowest BCUT2D eigenvalue weighted by atomic mass is 9.84. The van der Waals surface area contributed by atoms with Crippen LogP contribution in [-0.2, 0) is 10.2 Å². The van der Waals surface area contributed by atoms with Gasteiger partial charge < -0.3 is 4.90 Å². The fourth-order valence-electron chi connectivity index (χ4n) is 2.92. The number of anilines is 1. The van der Waals surface area contributed by atoms with E-state index in [2.05, 4.69) is 41.9 Å². The molecule has 0 fully saturated rings. The SMILES string of the molecule is CN1C(=CN=C2C=CC=CC2=O)C(C)(C)c2ccccc21. The predicted octanol–water partition coefficient (Wildman–Crippen LogP) is 3.39. The number of allylic oxidation sites excluding steroid dienone is 5. The van der Waals surface area contributed by atoms with Crippen LogP contribution in [0.4, 0.5) is 5.69 Å². The summed E-state index contributed by atoms with van der Waals surface area (Å²) >= 11 is 0. The second-order valence-electron chi connectivity index (χ2n) is 5.81. The maximum atomic E-state index is 11.7. The molecule has 3 heteroatoms. The van der Waals surface area contributed by atoms with Gasteiger partial charge in [0.2, 0.25) is 5.78 Å². The van der Waals surface area contributed by atoms with Crippen LogP contribution in [-0.4, -0.2) is 18.5 Å². The van der Waals surface area contributed by atoms with Crippen LogP contribution in [0.1, 0.15) is 19.4 Å². The molecule has 0 unspecified atom stereocenters. The molecule has 1 heterocycles. The number of hydrogen-bond acceptors (Lipinski definition) is 3. The number of nitrogens with zero attached hydrogens (tertiary/aromatic N) is 2. The van der Waals surface area contributed by atoms with Crippen LogP contribution in [0.25, 0.3) is 0 Å². The Hall–Kier alpha value is -2.42. The normalized spacial score (nSPS) is 23.2. The lowest BCUT2D eigenvalue weighted by molar-refractivity contribution is -0.108. The molecule has 0 bridgehead atoms. The van der Waals surface area contributed by atoms with Gasteiger partial charge in [-0.2, -0.15) is 0 Å². The highest BCUT2D eigenvalue weighted by atomic mass is 16.1. The van der Waals surface area contributed by atoms with Gasteiger partial charge in [-0.3, -0.25) is 9.79 Å². The van der Waals surface area contributed by atoms with Crippen LogP contribution in [0, 0.1) is 0 Å². The number of aliphatic imine (C=N–C) groups is 1. The first-order valence-corrected chi connectivity index (χ1v) is 7.02. The third-order valence-electron chi connectivity index (χ3n) is 4.13. The second-order valence-corrected chi connectivity index (χ2v) is 5.81. The van der Waals surface area contributed by atoms with E-state index in [1.54, 1.807) is 12.2 Å². The Morgan fingerprint density at radius 1 is 1.14 bits per heavy atom. The summed E-state index contributed by atoms with van der Waals surface area (Å²) in [6, 6.07) is 8.35. The van der Waals surface area contributed by atoms with Gasteiger partial charge in [-0.15, -0.1) is 0 Å². The molecule has 2 aliphatic rings. The van der Waals surface area contributed by atoms with Crippen molar-refractivity contribution in [1.29, 1.82) is 0 Å². The summed E-state index contributed by atoms with van der Waals surface area (Å²) in [6.45, 7) is 4.36. The molecule has 0 atom stereocenters. The van der Waals surface area contributed by atoms with Crippen molar-refractivity contribution in [3.05, 3.63) is 66.0 Å². The Balaban J connectivity index is 2.02. The van der Waals surface area contributed by atoms with Crippen molar-refractivity contribution in [2.45, 2.75) is 19.3 Å². The monoisotopic (exact) mass is 278 g/mol. The number of benzene rings is 1. The molecule has 0 radical (unpaired) electrons. The molecule has 106 valence electrons. The van der Waals surface area contributed by atoms with Crippen molar-refractivity contribution in [2.75, 3.05) is 11.9 Å². The molecule has 1 aliphatic carbocycles. The Labute approximate surface area is 125 Å². The molecule has 1 aromatic carbocycles. The molecular weight excluding hydrogens is 260 g/mol. The van der Waals surface area contributed by atoms with E-state index in [0.29, 0.717) is 5.71 Å². The average molecular weight is 278 g/mol. The molecule has 1 aliphatic heterocycles. The first-order valence-electron chi connectivity index (χ1n) is 7.02. The zero-order valence-corrected chi connectivity index (χ0v) is 12.5. The van der Waals surface area contributed by atoms with E-state index in [1.165, 1.54) is 17.3 Å². The van der Waals surface area contributed by atoms with Crippen LogP contribution in [0.2, 0.25) is 0 Å². The zero-order valence-electron chi connectivity index (χ0n) is 12.5. The van der Waals surface area contributed by atoms with Crippen LogP contribution in [0.15, 0.2) is 65.5 Å². The van der Waals surface area contributed by atoms with Crippen molar-refractivity contribution in [3.8, 4) is 0 Å². The standard InChI is InChI=1S/C18H18N2O/c1-18(2)13-8-4-6-10-15(13)20(3)17(18)12-19-14-9-5-7-11-16(14)21/h4-12H,1-3H3. The van der Waals surface area contributed by atoms with Gasteiger partial charge in [-0.25, -0.2) is 0 Å². The van der Waals surface area contributed by atoms with Crippen LogP contribution >= 0.6 is 0 Å². The molecule has 0 saturated carbocycles. The fraction of sp³-hybridized carbons (Fsp3) is 0.222. The Bertz CT molecular complexity index is 720. The highest BCUT2D eigenvalue weighted by Gasteiger charge is 2.38. The minimum absolute atomic E-state index is 0.0506. The highest BCUT2D eigenvalue weighted by molar-refractivity contribution is 6.48. The highest BCUT2D eigenvalue weighted by Crippen LogP contribution is 2.46. The van der Waals surface area contributed by atoms with Gasteiger partial charge in [0.05, 0.1) is 0 Å². The van der Waals surface area contributed by atoms with Crippen molar-refractivity contribution in [3.63, 3.8) is 0 Å². The minimum atomic E-state index is -0.118. The summed E-state index contributed by atoms with van der Waals surface area (Å²) in [6.07, 6.45) is 8.66. The summed E-state index contributed by atoms with van der Waals surface area (Å²) in [4.78, 5) is 18.3. The molecular formula is C18H18N2O. The number of rotatable bonds is 1. The predicted molar refractivity (Wildman–Crippen MR) is 86.7 cm³/mol. The van der Waals surface area contributed by atoms with E-state index >= 15 is 0 Å². The van der Waals surface area contributed by atoms with Crippen molar-refractivity contribution in [1.82, 2.24) is 0 Å². The van der Waals surface area contributed by atoms with Crippen molar-refractivity contribution < 1.29 is 4.79 Å². The topological polar surface area (TPSA) is 32.7 Å². The summed E-state index contributed by atoms with van der Waals surface area (Å²) in [5.74, 6) is -0.0506. The largest absolute Gasteiger partial charge is 0.346 e. The number of hydrogen-bond donors (Lipinski definition) is 0. The van der Waals surface area contributed by atoms with Crippen LogP contribution < -0.4 is 4.90 Å². The average Bonchev–Trinajstić information content (AvgIpc) is 2.67. The van der Waals surface area contributed by atoms with Gasteiger partial charge in [-0.1, -0.05) is 44.2 Å². The minimum Gasteiger partial charge on any atom is -0.346 e. The van der Waals surface area contributed by atoms with Crippen LogP contribution in [0.5, 0.6) is 0 Å². The second kappa shape index (κ2) is 4.85. The molecule has 21 heavy (non-hydrogen) atoms. The molecule has 0 aromatic heterocycles. The lowest BCUT2D eigenvalue weighted by Crippen LogP contribution is -2.23. The van der Waals surface area contributed by atoms with Gasteiger partial charge >= 0.3 is 0 Å². The molecule has 1 aromatic rings. The van der Waals surface area contributed by atoms with E-state index in [9.17, 15) is 4.79 Å². The molecule has 0 amide bonds.